The zero-order valence-electron chi connectivity index (χ0n) is 18.6. The molecule has 11 atom stereocenters. The summed E-state index contributed by atoms with van der Waals surface area (Å²) >= 11 is 5.51. The van der Waals surface area contributed by atoms with Crippen molar-refractivity contribution in [2.75, 3.05) is 0 Å². The largest absolute Gasteiger partial charge is 0.295 e. The second-order valence-electron chi connectivity index (χ2n) is 11.8. The highest BCUT2D eigenvalue weighted by atomic mass is 32.1. The summed E-state index contributed by atoms with van der Waals surface area (Å²) in [6, 6.07) is 0. The number of rotatable bonds is 4. The Labute approximate surface area is 181 Å². The third-order valence-electron chi connectivity index (χ3n) is 10.3. The van der Waals surface area contributed by atoms with E-state index in [1.165, 1.54) is 51.4 Å². The van der Waals surface area contributed by atoms with E-state index in [2.05, 4.69) is 36.9 Å². The molecule has 4 aliphatic rings. The fourth-order valence-corrected chi connectivity index (χ4v) is 9.88. The van der Waals surface area contributed by atoms with E-state index in [1.54, 1.807) is 0 Å². The Bertz CT molecular complexity index is 607. The fraction of sp³-hybridized carbons (Fsp3) is 0.960. The minimum Gasteiger partial charge on any atom is -0.295 e. The maximum Gasteiger partial charge on any atom is 0.148 e. The van der Waals surface area contributed by atoms with Crippen LogP contribution in [0.3, 0.4) is 0 Å². The Balaban J connectivity index is 1.55. The number of hydrogen-bond donors (Lipinski definition) is 1. The van der Waals surface area contributed by atoms with Crippen LogP contribution in [-0.4, -0.2) is 10.3 Å². The summed E-state index contributed by atoms with van der Waals surface area (Å²) in [5.41, 5.74) is 0.860. The molecular weight excluding hydrogens is 379 g/mol. The molecule has 0 radical (unpaired) electrons. The zero-order chi connectivity index (χ0) is 20.3. The first-order chi connectivity index (χ1) is 13.2. The highest BCUT2D eigenvalue weighted by Gasteiger charge is 2.62. The van der Waals surface area contributed by atoms with Crippen LogP contribution in [0.25, 0.3) is 0 Å². The van der Waals surface area contributed by atoms with Gasteiger partial charge in [-0.15, -0.1) is 0 Å². The Kier molecular flexibility index (Phi) is 6.08. The molecule has 3 heteroatoms. The van der Waals surface area contributed by atoms with Gasteiger partial charge in [0.15, 0.2) is 0 Å². The number of carbonyl (C=O) groups is 1. The molecule has 1 nitrogen and oxygen atoms in total. The van der Waals surface area contributed by atoms with Gasteiger partial charge in [0.25, 0.3) is 0 Å². The number of carbonyl (C=O) groups excluding carboxylic acids is 1. The van der Waals surface area contributed by atoms with Crippen molar-refractivity contribution in [3.05, 3.63) is 0 Å². The van der Waals surface area contributed by atoms with Crippen molar-refractivity contribution < 1.29 is 4.79 Å². The molecule has 4 fully saturated rings. The molecule has 0 spiro atoms. The van der Waals surface area contributed by atoms with Crippen LogP contribution in [0.4, 0.5) is 0 Å². The molecule has 4 rings (SSSR count). The summed E-state index contributed by atoms with van der Waals surface area (Å²) in [6.45, 7) is 10.1. The van der Waals surface area contributed by atoms with Crippen LogP contribution in [-0.2, 0) is 4.79 Å². The van der Waals surface area contributed by atoms with E-state index in [9.17, 15) is 4.79 Å². The van der Waals surface area contributed by atoms with Gasteiger partial charge >= 0.3 is 0 Å². The van der Waals surface area contributed by atoms with E-state index < -0.39 is 0 Å². The van der Waals surface area contributed by atoms with Gasteiger partial charge in [0.2, 0.25) is 0 Å². The summed E-state index contributed by atoms with van der Waals surface area (Å²) in [7, 11) is 2.36. The molecule has 0 saturated heterocycles. The molecule has 4 aliphatic carbocycles. The van der Waals surface area contributed by atoms with E-state index >= 15 is 0 Å². The van der Waals surface area contributed by atoms with Crippen molar-refractivity contribution in [3.63, 3.8) is 0 Å². The normalized spacial score (nSPS) is 51.7. The molecular formula is C25H43OPS. The molecule has 3 unspecified atom stereocenters. The molecule has 4 saturated carbocycles. The lowest BCUT2D eigenvalue weighted by Gasteiger charge is -2.63. The van der Waals surface area contributed by atoms with E-state index in [4.69, 9.17) is 12.6 Å². The maximum atomic E-state index is 11.5. The van der Waals surface area contributed by atoms with E-state index in [1.807, 2.05) is 0 Å². The van der Waals surface area contributed by atoms with Gasteiger partial charge in [0.1, 0.15) is 5.52 Å². The summed E-state index contributed by atoms with van der Waals surface area (Å²) in [6.07, 6.45) is 13.1. The lowest BCUT2D eigenvalue weighted by atomic mass is 9.44. The van der Waals surface area contributed by atoms with Crippen LogP contribution < -0.4 is 0 Å². The van der Waals surface area contributed by atoms with Gasteiger partial charge in [0, 0.05) is 11.2 Å². The molecule has 0 aromatic carbocycles. The minimum absolute atomic E-state index is 0.226. The molecule has 0 aliphatic heterocycles. The van der Waals surface area contributed by atoms with Gasteiger partial charge in [0.05, 0.1) is 0 Å². The van der Waals surface area contributed by atoms with Crippen LogP contribution >= 0.6 is 21.9 Å². The third kappa shape index (κ3) is 3.45. The predicted molar refractivity (Wildman–Crippen MR) is 126 cm³/mol. The molecule has 0 N–H and O–H groups in total. The average molecular weight is 423 g/mol. The van der Waals surface area contributed by atoms with Crippen LogP contribution in [0.2, 0.25) is 0 Å². The van der Waals surface area contributed by atoms with Crippen molar-refractivity contribution in [3.8, 4) is 0 Å². The van der Waals surface area contributed by atoms with Crippen LogP contribution in [0.5, 0.6) is 0 Å². The fourth-order valence-electron chi connectivity index (χ4n) is 8.89. The number of fused-ring (bicyclic) bond motifs is 5. The Morgan fingerprint density at radius 2 is 1.86 bits per heavy atom. The van der Waals surface area contributed by atoms with E-state index in [0.717, 1.165) is 48.3 Å². The molecule has 0 bridgehead atoms. The highest BCUT2D eigenvalue weighted by Crippen LogP contribution is 2.68. The maximum absolute atomic E-state index is 11.5. The highest BCUT2D eigenvalue weighted by molar-refractivity contribution is 7.81. The lowest BCUT2D eigenvalue weighted by Crippen LogP contribution is -2.57. The van der Waals surface area contributed by atoms with Gasteiger partial charge in [-0.05, 0) is 104 Å². The zero-order valence-corrected chi connectivity index (χ0v) is 20.7. The number of thiol groups is 1. The van der Waals surface area contributed by atoms with Crippen molar-refractivity contribution in [1.82, 2.24) is 0 Å². The van der Waals surface area contributed by atoms with Crippen molar-refractivity contribution in [2.24, 2.45) is 52.8 Å². The van der Waals surface area contributed by atoms with Gasteiger partial charge in [-0.1, -0.05) is 43.4 Å². The minimum atomic E-state index is 0.226. The van der Waals surface area contributed by atoms with Crippen LogP contribution in [0.15, 0.2) is 0 Å². The predicted octanol–water partition coefficient (Wildman–Crippen LogP) is 7.01. The second kappa shape index (κ2) is 7.85. The first kappa shape index (κ1) is 21.7. The van der Waals surface area contributed by atoms with Crippen molar-refractivity contribution in [1.29, 1.82) is 0 Å². The SMILES string of the molecule is C[C@@H]1CC[C@@]2(C)[C@@H](C1)C[C@@H](C)C1C3CC[C@H]([C@H](C)CCC(=O)P)[C@@]3(S)CC[C@@H]12. The molecule has 0 aromatic rings. The van der Waals surface area contributed by atoms with E-state index in [-0.39, 0.29) is 10.3 Å². The molecule has 0 aromatic heterocycles. The third-order valence-corrected chi connectivity index (χ3v) is 11.5. The molecule has 0 amide bonds. The lowest BCUT2D eigenvalue weighted by molar-refractivity contribution is -0.116. The summed E-state index contributed by atoms with van der Waals surface area (Å²) in [4.78, 5) is 11.5. The van der Waals surface area contributed by atoms with Crippen LogP contribution in [0, 0.1) is 52.8 Å². The Morgan fingerprint density at radius 3 is 2.57 bits per heavy atom. The van der Waals surface area contributed by atoms with E-state index in [0.29, 0.717) is 17.3 Å². The summed E-state index contributed by atoms with van der Waals surface area (Å²) < 4.78 is 0.226. The van der Waals surface area contributed by atoms with Gasteiger partial charge in [-0.25, -0.2) is 0 Å². The smallest absolute Gasteiger partial charge is 0.148 e. The standard InChI is InChI=1S/C25H43OPS/c1-15-9-11-24(4)18(13-15)14-17(3)23-20(24)10-12-25(28)19(6-7-21(23)25)16(2)5-8-22(26)27/h15-21,23,28H,5-14,27H2,1-4H3/t15-,16-,17-,18+,19-,20+,21?,23?,24+,25+/m1/s1. The average Bonchev–Trinajstić information content (AvgIpc) is 2.98. The van der Waals surface area contributed by atoms with Gasteiger partial charge < -0.3 is 0 Å². The summed E-state index contributed by atoms with van der Waals surface area (Å²) in [5.74, 6) is 6.73. The summed E-state index contributed by atoms with van der Waals surface area (Å²) in [5, 5.41) is 0. The second-order valence-corrected chi connectivity index (χ2v) is 13.3. The van der Waals surface area contributed by atoms with Crippen LogP contribution in [0.1, 0.15) is 91.9 Å². The van der Waals surface area contributed by atoms with Crippen molar-refractivity contribution in [2.45, 2.75) is 96.7 Å². The quantitative estimate of drug-likeness (QED) is 0.381. The Hall–Kier alpha value is 0.450. The topological polar surface area (TPSA) is 17.1 Å². The monoisotopic (exact) mass is 422 g/mol. The van der Waals surface area contributed by atoms with Gasteiger partial charge in [-0.3, -0.25) is 4.79 Å². The first-order valence-corrected chi connectivity index (χ1v) is 13.2. The number of hydrogen-bond acceptors (Lipinski definition) is 2. The first-order valence-electron chi connectivity index (χ1n) is 12.2. The molecule has 28 heavy (non-hydrogen) atoms. The Morgan fingerprint density at radius 1 is 1.11 bits per heavy atom. The van der Waals surface area contributed by atoms with Crippen molar-refractivity contribution >= 4 is 27.4 Å². The van der Waals surface area contributed by atoms with Gasteiger partial charge in [-0.2, -0.15) is 12.6 Å². The molecule has 0 heterocycles. The molecule has 160 valence electrons.